The summed E-state index contributed by atoms with van der Waals surface area (Å²) in [6.07, 6.45) is 11.1. The Kier molecular flexibility index (Phi) is 23.1. The summed E-state index contributed by atoms with van der Waals surface area (Å²) in [5.41, 5.74) is 29.2. The molecule has 0 aliphatic carbocycles. The molecule has 4 amide bonds. The van der Waals surface area contributed by atoms with E-state index in [4.69, 9.17) is 28.7 Å². The first-order chi connectivity index (χ1) is 25.2. The van der Waals surface area contributed by atoms with Gasteiger partial charge in [0.15, 0.2) is 11.9 Å². The van der Waals surface area contributed by atoms with Crippen molar-refractivity contribution in [3.05, 3.63) is 20.6 Å². The van der Waals surface area contributed by atoms with Crippen LogP contribution in [0.1, 0.15) is 89.9 Å². The third kappa shape index (κ3) is 18.0. The van der Waals surface area contributed by atoms with Crippen LogP contribution in [0.3, 0.4) is 0 Å². The number of nitrogens with one attached hydrogen (secondary N) is 3. The second-order valence-corrected chi connectivity index (χ2v) is 16.9. The van der Waals surface area contributed by atoms with Gasteiger partial charge in [0.2, 0.25) is 23.6 Å². The van der Waals surface area contributed by atoms with Gasteiger partial charge in [-0.2, -0.15) is 0 Å². The van der Waals surface area contributed by atoms with Gasteiger partial charge in [0.05, 0.1) is 19.0 Å². The van der Waals surface area contributed by atoms with Crippen molar-refractivity contribution in [1.82, 2.24) is 25.5 Å². The van der Waals surface area contributed by atoms with Crippen molar-refractivity contribution in [1.29, 1.82) is 0 Å². The number of halogens is 4. The molecule has 0 unspecified atom stereocenters. The molecule has 2 aromatic rings. The minimum Gasteiger partial charge on any atom is -0.370 e. The summed E-state index contributed by atoms with van der Waals surface area (Å²) < 4.78 is 7.25. The first kappa shape index (κ1) is 47.2. The van der Waals surface area contributed by atoms with Gasteiger partial charge in [-0.25, -0.2) is 4.98 Å². The molecule has 53 heavy (non-hydrogen) atoms. The number of nitrogens with zero attached hydrogens (tertiary/aromatic N) is 4. The maximum Gasteiger partial charge on any atom is 0.243 e. The van der Waals surface area contributed by atoms with E-state index in [0.717, 1.165) is 57.0 Å². The number of nitrogens with two attached hydrogens (primary N) is 5. The minimum atomic E-state index is -0.953. The second kappa shape index (κ2) is 26.0. The number of guanidine groups is 2. The van der Waals surface area contributed by atoms with E-state index in [0.29, 0.717) is 32.2 Å². The van der Waals surface area contributed by atoms with E-state index in [9.17, 15) is 19.2 Å². The van der Waals surface area contributed by atoms with Crippen LogP contribution in [0.2, 0.25) is 0 Å². The largest absolute Gasteiger partial charge is 0.370 e. The van der Waals surface area contributed by atoms with Crippen LogP contribution in [0.5, 0.6) is 0 Å². The molecule has 0 saturated heterocycles. The van der Waals surface area contributed by atoms with Crippen LogP contribution in [0, 0.1) is 14.3 Å². The second-order valence-electron chi connectivity index (χ2n) is 12.6. The van der Waals surface area contributed by atoms with Gasteiger partial charge >= 0.3 is 0 Å². The van der Waals surface area contributed by atoms with Gasteiger partial charge < -0.3 is 49.2 Å². The zero-order chi connectivity index (χ0) is 39.3. The number of aromatic nitrogens is 2. The Hall–Kier alpha value is -1.97. The lowest BCUT2D eigenvalue weighted by Crippen LogP contribution is -2.53. The monoisotopic (exact) mass is 1190 g/mol. The number of aryl methyl sites for hydroxylation is 1. The average Bonchev–Trinajstić information content (AvgIpc) is 3.53. The SMILES string of the molecule is NC(=O)[C@@H](CCCN=C(N)N)NC(=O)[C@@H](CCCN=C(N)N)NC(=O)CCCCCNC(=O)CCCCCCCn1cnc2c(I)c(I)c(I)c(I)c21. The summed E-state index contributed by atoms with van der Waals surface area (Å²) in [5.74, 6) is -1.64. The predicted octanol–water partition coefficient (Wildman–Crippen LogP) is 3.03. The van der Waals surface area contributed by atoms with Gasteiger partial charge in [0, 0.05) is 46.2 Å². The number of rotatable bonds is 26. The number of carbonyl (C=O) groups excluding carboxylic acids is 4. The van der Waals surface area contributed by atoms with E-state index < -0.39 is 23.9 Å². The fourth-order valence-electron chi connectivity index (χ4n) is 5.45. The molecule has 0 saturated carbocycles. The van der Waals surface area contributed by atoms with Gasteiger partial charge in [-0.3, -0.25) is 29.2 Å². The van der Waals surface area contributed by atoms with E-state index in [-0.39, 0.29) is 56.1 Å². The molecule has 20 heteroatoms. The summed E-state index contributed by atoms with van der Waals surface area (Å²) in [6.45, 7) is 2.02. The molecule has 0 bridgehead atoms. The van der Waals surface area contributed by atoms with Gasteiger partial charge in [-0.15, -0.1) is 0 Å². The third-order valence-corrected chi connectivity index (χ3v) is 15.6. The molecule has 0 radical (unpaired) electrons. The molecule has 0 spiro atoms. The standard InChI is InChI=1S/C33H52I4N12O4/c34-24-25(35)27(37)29-28(26(24)36)46-19-49(29)18-8-3-1-2-5-13-22(50)43-15-7-4-6-14-23(51)47-21(12-10-17-45-33(41)42)31(53)48-20(30(38)52)11-9-16-44-32(39)40/h19-21H,1-18H2,(H2,38,52)(H,43,50)(H,47,51)(H,48,53)(H4,39,40,44)(H4,41,42,45)/t20-,21-/m1/s1. The number of hydrogen-bond acceptors (Lipinski definition) is 7. The number of benzene rings is 1. The predicted molar refractivity (Wildman–Crippen MR) is 243 cm³/mol. The normalized spacial score (nSPS) is 12.2. The molecule has 0 aliphatic heterocycles. The fraction of sp³-hybridized carbons (Fsp3) is 0.606. The molecule has 16 nitrogen and oxygen atoms in total. The molecular formula is C33H52I4N12O4. The van der Waals surface area contributed by atoms with Crippen LogP contribution >= 0.6 is 90.4 Å². The van der Waals surface area contributed by atoms with Crippen LogP contribution in [0.4, 0.5) is 0 Å². The molecule has 296 valence electrons. The Balaban J connectivity index is 1.64. The Labute approximate surface area is 365 Å². The average molecular weight is 1190 g/mol. The summed E-state index contributed by atoms with van der Waals surface area (Å²) in [5, 5.41) is 8.36. The van der Waals surface area contributed by atoms with Gasteiger partial charge in [-0.05, 0) is 142 Å². The summed E-state index contributed by atoms with van der Waals surface area (Å²) in [6, 6.07) is -1.86. The Morgan fingerprint density at radius 1 is 0.660 bits per heavy atom. The molecule has 2 rings (SSSR count). The molecule has 2 atom stereocenters. The quantitative estimate of drug-likeness (QED) is 0.0172. The number of amides is 4. The zero-order valence-electron chi connectivity index (χ0n) is 29.8. The molecule has 0 aliphatic rings. The van der Waals surface area contributed by atoms with Crippen LogP contribution in [-0.2, 0) is 25.7 Å². The summed E-state index contributed by atoms with van der Waals surface area (Å²) in [4.78, 5) is 62.6. The number of fused-ring (bicyclic) bond motifs is 1. The summed E-state index contributed by atoms with van der Waals surface area (Å²) >= 11 is 9.61. The highest BCUT2D eigenvalue weighted by Gasteiger charge is 2.25. The number of carbonyl (C=O) groups is 4. The van der Waals surface area contributed by atoms with E-state index in [1.807, 2.05) is 6.33 Å². The van der Waals surface area contributed by atoms with Crippen molar-refractivity contribution in [2.75, 3.05) is 19.6 Å². The fourth-order valence-corrected chi connectivity index (χ4v) is 9.03. The van der Waals surface area contributed by atoms with Crippen molar-refractivity contribution in [3.8, 4) is 0 Å². The molecular weight excluding hydrogens is 1140 g/mol. The van der Waals surface area contributed by atoms with Gasteiger partial charge in [0.25, 0.3) is 0 Å². The topological polar surface area (TPSA) is 277 Å². The van der Waals surface area contributed by atoms with Crippen molar-refractivity contribution in [2.45, 2.75) is 109 Å². The number of unbranched alkanes of at least 4 members (excludes halogenated alkanes) is 6. The van der Waals surface area contributed by atoms with E-state index in [1.54, 1.807) is 0 Å². The highest BCUT2D eigenvalue weighted by atomic mass is 127. The van der Waals surface area contributed by atoms with Crippen molar-refractivity contribution in [2.24, 2.45) is 38.7 Å². The minimum absolute atomic E-state index is 0.0427. The molecule has 1 aromatic carbocycles. The number of imidazole rings is 1. The van der Waals surface area contributed by atoms with Crippen LogP contribution in [-0.4, -0.2) is 76.8 Å². The smallest absolute Gasteiger partial charge is 0.243 e. The lowest BCUT2D eigenvalue weighted by atomic mass is 10.1. The van der Waals surface area contributed by atoms with E-state index in [1.165, 1.54) is 19.8 Å². The third-order valence-electron chi connectivity index (χ3n) is 8.24. The molecule has 1 aromatic heterocycles. The lowest BCUT2D eigenvalue weighted by molar-refractivity contribution is -0.131. The van der Waals surface area contributed by atoms with Crippen molar-refractivity contribution < 1.29 is 19.2 Å². The van der Waals surface area contributed by atoms with Crippen molar-refractivity contribution >= 4 is 137 Å². The first-order valence-corrected chi connectivity index (χ1v) is 22.0. The van der Waals surface area contributed by atoms with Crippen LogP contribution < -0.4 is 44.6 Å². The maximum absolute atomic E-state index is 13.1. The lowest BCUT2D eigenvalue weighted by Gasteiger charge is -2.22. The highest BCUT2D eigenvalue weighted by molar-refractivity contribution is 14.1. The Morgan fingerprint density at radius 2 is 1.21 bits per heavy atom. The van der Waals surface area contributed by atoms with E-state index in [2.05, 4.69) is 126 Å². The highest BCUT2D eigenvalue weighted by Crippen LogP contribution is 2.34. The van der Waals surface area contributed by atoms with E-state index >= 15 is 0 Å². The Bertz CT molecular complexity index is 1580. The zero-order valence-corrected chi connectivity index (χ0v) is 38.4. The summed E-state index contributed by atoms with van der Waals surface area (Å²) in [7, 11) is 0. The maximum atomic E-state index is 13.1. The first-order valence-electron chi connectivity index (χ1n) is 17.7. The molecule has 1 heterocycles. The van der Waals surface area contributed by atoms with Crippen molar-refractivity contribution in [3.63, 3.8) is 0 Å². The van der Waals surface area contributed by atoms with Crippen LogP contribution in [0.25, 0.3) is 11.0 Å². The number of aliphatic imine (C=N–C) groups is 2. The van der Waals surface area contributed by atoms with Gasteiger partial charge in [-0.1, -0.05) is 25.7 Å². The number of hydrogen-bond donors (Lipinski definition) is 8. The molecule has 0 fully saturated rings. The number of primary amides is 1. The molecule has 13 N–H and O–H groups in total. The Morgan fingerprint density at radius 3 is 1.83 bits per heavy atom. The van der Waals surface area contributed by atoms with Crippen LogP contribution in [0.15, 0.2) is 16.3 Å². The van der Waals surface area contributed by atoms with Gasteiger partial charge in [0.1, 0.15) is 17.6 Å².